The summed E-state index contributed by atoms with van der Waals surface area (Å²) < 4.78 is 52.9. The zero-order valence-corrected chi connectivity index (χ0v) is 15.8. The van der Waals surface area contributed by atoms with Gasteiger partial charge in [0.2, 0.25) is 10.0 Å². The van der Waals surface area contributed by atoms with Crippen LogP contribution >= 0.6 is 0 Å². The normalized spacial score (nSPS) is 23.6. The Bertz CT molecular complexity index is 952. The second-order valence-electron chi connectivity index (χ2n) is 6.94. The molecule has 1 fully saturated rings. The van der Waals surface area contributed by atoms with Gasteiger partial charge >= 0.3 is 0 Å². The number of hydrogen-bond donors (Lipinski definition) is 0. The molecule has 0 N–H and O–H groups in total. The molecular formula is C19H21FN2O4S. The minimum absolute atomic E-state index is 0.0502. The first kappa shape index (κ1) is 18.2. The van der Waals surface area contributed by atoms with Gasteiger partial charge in [0.05, 0.1) is 23.7 Å². The van der Waals surface area contributed by atoms with Gasteiger partial charge in [0.1, 0.15) is 23.8 Å². The van der Waals surface area contributed by atoms with Gasteiger partial charge in [-0.2, -0.15) is 4.31 Å². The number of hydrogen-bond acceptors (Lipinski definition) is 5. The molecule has 1 unspecified atom stereocenters. The third kappa shape index (κ3) is 3.40. The van der Waals surface area contributed by atoms with Crippen LogP contribution < -0.4 is 9.64 Å². The Morgan fingerprint density at radius 1 is 1.11 bits per heavy atom. The molecule has 0 saturated carbocycles. The van der Waals surface area contributed by atoms with Gasteiger partial charge < -0.3 is 14.4 Å². The fourth-order valence-electron chi connectivity index (χ4n) is 3.64. The predicted octanol–water partition coefficient (Wildman–Crippen LogP) is 2.11. The maximum absolute atomic E-state index is 13.5. The maximum Gasteiger partial charge on any atom is 0.243 e. The lowest BCUT2D eigenvalue weighted by molar-refractivity contribution is -0.102. The van der Waals surface area contributed by atoms with Gasteiger partial charge in [0.15, 0.2) is 0 Å². The molecule has 4 rings (SSSR count). The Morgan fingerprint density at radius 3 is 2.74 bits per heavy atom. The van der Waals surface area contributed by atoms with Crippen LogP contribution in [0.4, 0.5) is 10.1 Å². The average Bonchev–Trinajstić information content (AvgIpc) is 2.79. The number of para-hydroxylation sites is 2. The molecule has 6 nitrogen and oxygen atoms in total. The van der Waals surface area contributed by atoms with Crippen LogP contribution in [0.2, 0.25) is 0 Å². The van der Waals surface area contributed by atoms with Gasteiger partial charge in [-0.05, 0) is 30.3 Å². The van der Waals surface area contributed by atoms with Crippen LogP contribution in [0.15, 0.2) is 53.4 Å². The Balaban J connectivity index is 1.61. The molecule has 0 amide bonds. The van der Waals surface area contributed by atoms with Crippen molar-refractivity contribution in [2.75, 3.05) is 44.8 Å². The summed E-state index contributed by atoms with van der Waals surface area (Å²) in [5.41, 5.74) is 0.134. The van der Waals surface area contributed by atoms with Gasteiger partial charge in [-0.1, -0.05) is 18.2 Å². The van der Waals surface area contributed by atoms with E-state index in [1.54, 1.807) is 0 Å². The number of rotatable bonds is 2. The van der Waals surface area contributed by atoms with E-state index in [-0.39, 0.29) is 31.2 Å². The fourth-order valence-corrected chi connectivity index (χ4v) is 5.17. The molecule has 0 bridgehead atoms. The maximum atomic E-state index is 13.5. The molecule has 2 aliphatic rings. The first-order valence-corrected chi connectivity index (χ1v) is 10.2. The highest BCUT2D eigenvalue weighted by Gasteiger charge is 2.44. The molecule has 27 heavy (non-hydrogen) atoms. The van der Waals surface area contributed by atoms with Crippen molar-refractivity contribution >= 4 is 15.7 Å². The lowest BCUT2D eigenvalue weighted by Crippen LogP contribution is -2.60. The highest BCUT2D eigenvalue weighted by molar-refractivity contribution is 7.89. The molecule has 0 aromatic heterocycles. The van der Waals surface area contributed by atoms with E-state index >= 15 is 0 Å². The topological polar surface area (TPSA) is 59.1 Å². The molecule has 0 aliphatic carbocycles. The molecule has 1 saturated heterocycles. The van der Waals surface area contributed by atoms with E-state index in [0.717, 1.165) is 17.5 Å². The molecule has 2 aromatic carbocycles. The minimum Gasteiger partial charge on any atom is -0.488 e. The number of fused-ring (bicyclic) bond motifs is 1. The first-order chi connectivity index (χ1) is 12.9. The van der Waals surface area contributed by atoms with Crippen molar-refractivity contribution in [2.45, 2.75) is 10.5 Å². The largest absolute Gasteiger partial charge is 0.488 e. The molecule has 8 heteroatoms. The van der Waals surface area contributed by atoms with Crippen LogP contribution in [0.1, 0.15) is 0 Å². The summed E-state index contributed by atoms with van der Waals surface area (Å²) in [5.74, 6) is 0.164. The average molecular weight is 392 g/mol. The first-order valence-electron chi connectivity index (χ1n) is 8.72. The van der Waals surface area contributed by atoms with Crippen LogP contribution in [0, 0.1) is 5.82 Å². The van der Waals surface area contributed by atoms with E-state index in [2.05, 4.69) is 0 Å². The summed E-state index contributed by atoms with van der Waals surface area (Å²) in [4.78, 5) is 1.96. The van der Waals surface area contributed by atoms with Gasteiger partial charge in [-0.3, -0.25) is 0 Å². The third-order valence-electron chi connectivity index (χ3n) is 4.94. The molecule has 144 valence electrons. The number of nitrogens with zero attached hydrogens (tertiary/aromatic N) is 2. The van der Waals surface area contributed by atoms with E-state index in [1.165, 1.54) is 22.5 Å². The molecule has 2 heterocycles. The monoisotopic (exact) mass is 392 g/mol. The van der Waals surface area contributed by atoms with Crippen LogP contribution in [-0.2, 0) is 14.8 Å². The van der Waals surface area contributed by atoms with Crippen LogP contribution in [-0.4, -0.2) is 58.2 Å². The zero-order valence-electron chi connectivity index (χ0n) is 15.0. The molecule has 1 spiro atoms. The summed E-state index contributed by atoms with van der Waals surface area (Å²) in [6.07, 6.45) is 0. The van der Waals surface area contributed by atoms with Gasteiger partial charge in [-0.15, -0.1) is 0 Å². The number of likely N-dealkylation sites (N-methyl/N-ethyl adjacent to an activating group) is 1. The number of ether oxygens (including phenoxy) is 2. The summed E-state index contributed by atoms with van der Waals surface area (Å²) >= 11 is 0. The molecule has 2 aromatic rings. The summed E-state index contributed by atoms with van der Waals surface area (Å²) in [5, 5.41) is 0. The predicted molar refractivity (Wildman–Crippen MR) is 99.0 cm³/mol. The summed E-state index contributed by atoms with van der Waals surface area (Å²) in [7, 11) is -1.89. The highest BCUT2D eigenvalue weighted by atomic mass is 32.2. The lowest BCUT2D eigenvalue weighted by Gasteiger charge is -2.42. The van der Waals surface area contributed by atoms with Crippen molar-refractivity contribution in [1.82, 2.24) is 4.31 Å². The summed E-state index contributed by atoms with van der Waals surface area (Å²) in [6, 6.07) is 12.7. The van der Waals surface area contributed by atoms with E-state index in [9.17, 15) is 12.8 Å². The quantitative estimate of drug-likeness (QED) is 0.784. The van der Waals surface area contributed by atoms with Crippen molar-refractivity contribution < 1.29 is 22.3 Å². The molecular weight excluding hydrogens is 371 g/mol. The van der Waals surface area contributed by atoms with Crippen molar-refractivity contribution in [1.29, 1.82) is 0 Å². The summed E-state index contributed by atoms with van der Waals surface area (Å²) in [6.45, 7) is 1.34. The zero-order chi connectivity index (χ0) is 19.1. The molecule has 2 aliphatic heterocycles. The standard InChI is InChI=1S/C19H21FN2O4S/c1-21-12-19(14-25-18-8-3-2-7-17(18)21)13-22(9-10-26-19)27(23,24)16-6-4-5-15(20)11-16/h2-8,11H,9-10,12-14H2,1H3. The smallest absolute Gasteiger partial charge is 0.243 e. The van der Waals surface area contributed by atoms with Gasteiger partial charge in [0, 0.05) is 20.1 Å². The van der Waals surface area contributed by atoms with Crippen molar-refractivity contribution in [2.24, 2.45) is 0 Å². The SMILES string of the molecule is CN1CC2(COc3ccccc31)CN(S(=O)(=O)c1cccc(F)c1)CCO2. The van der Waals surface area contributed by atoms with Crippen molar-refractivity contribution in [3.05, 3.63) is 54.3 Å². The van der Waals surface area contributed by atoms with Gasteiger partial charge in [0.25, 0.3) is 0 Å². The van der Waals surface area contributed by atoms with Crippen LogP contribution in [0.3, 0.4) is 0 Å². The minimum atomic E-state index is -3.82. The Hall–Kier alpha value is -2.16. The van der Waals surface area contributed by atoms with Crippen LogP contribution in [0.5, 0.6) is 5.75 Å². The number of sulfonamides is 1. The van der Waals surface area contributed by atoms with Crippen LogP contribution in [0.25, 0.3) is 0 Å². The Morgan fingerprint density at radius 2 is 1.93 bits per heavy atom. The van der Waals surface area contributed by atoms with Gasteiger partial charge in [-0.25, -0.2) is 12.8 Å². The second-order valence-corrected chi connectivity index (χ2v) is 8.88. The Labute approximate surface area is 158 Å². The Kier molecular flexibility index (Phi) is 4.57. The number of benzene rings is 2. The van der Waals surface area contributed by atoms with E-state index in [1.807, 2.05) is 36.2 Å². The molecule has 0 radical (unpaired) electrons. The molecule has 1 atom stereocenters. The highest BCUT2D eigenvalue weighted by Crippen LogP contribution is 2.35. The lowest BCUT2D eigenvalue weighted by atomic mass is 10.0. The van der Waals surface area contributed by atoms with E-state index < -0.39 is 21.4 Å². The van der Waals surface area contributed by atoms with Crippen molar-refractivity contribution in [3.8, 4) is 5.75 Å². The number of anilines is 1. The number of morpholine rings is 1. The second kappa shape index (κ2) is 6.78. The third-order valence-corrected chi connectivity index (χ3v) is 6.78. The van der Waals surface area contributed by atoms with E-state index in [4.69, 9.17) is 9.47 Å². The number of halogens is 1. The van der Waals surface area contributed by atoms with Crippen molar-refractivity contribution in [3.63, 3.8) is 0 Å². The fraction of sp³-hybridized carbons (Fsp3) is 0.368. The van der Waals surface area contributed by atoms with E-state index in [0.29, 0.717) is 6.54 Å².